The topological polar surface area (TPSA) is 166 Å². The summed E-state index contributed by atoms with van der Waals surface area (Å²) in [5, 5.41) is 5.59. The summed E-state index contributed by atoms with van der Waals surface area (Å²) >= 11 is 0. The minimum atomic E-state index is -0.897. The van der Waals surface area contributed by atoms with Crippen LogP contribution in [0.15, 0.2) is 47.7 Å². The van der Waals surface area contributed by atoms with Crippen molar-refractivity contribution in [1.82, 2.24) is 16.1 Å². The molecule has 1 saturated heterocycles. The van der Waals surface area contributed by atoms with Crippen LogP contribution in [-0.2, 0) is 40.0 Å². The molecular formula is C29H37FN4O7. The van der Waals surface area contributed by atoms with E-state index in [9.17, 15) is 28.4 Å². The third kappa shape index (κ3) is 9.52. The van der Waals surface area contributed by atoms with E-state index in [2.05, 4.69) is 16.1 Å². The number of cyclic esters (lactones) is 1. The standard InChI is InChI=1S/C29H37FN4O7/c1-16(2)26(33-28(38)23-12-17(3)41-34-23)24(35)15-20(13-18-4-6-21(30)7-5-18)27(37)32-22(8-9-25(31)36)14-19-10-11-40-29(19)39/h4-7,12,14,16,20,22-23,26,34H,8-11,13,15H2,1-3H3,(H2,31,36)(H,32,37)(H,33,38)/b19-14+/t20-,22+,23?,26+/m1/s1. The highest BCUT2D eigenvalue weighted by molar-refractivity contribution is 5.94. The average Bonchev–Trinajstić information content (AvgIpc) is 3.53. The average molecular weight is 573 g/mol. The van der Waals surface area contributed by atoms with E-state index in [-0.39, 0.29) is 44.0 Å². The maximum atomic E-state index is 13.6. The Balaban J connectivity index is 1.80. The fraction of sp³-hybridized carbons (Fsp3) is 0.483. The van der Waals surface area contributed by atoms with Gasteiger partial charge in [0.1, 0.15) is 17.6 Å². The van der Waals surface area contributed by atoms with Crippen molar-refractivity contribution in [2.24, 2.45) is 17.6 Å². The molecule has 2 aliphatic rings. The van der Waals surface area contributed by atoms with Gasteiger partial charge in [0.25, 0.3) is 0 Å². The Morgan fingerprint density at radius 3 is 2.44 bits per heavy atom. The van der Waals surface area contributed by atoms with E-state index in [1.165, 1.54) is 24.3 Å². The number of rotatable bonds is 14. The number of nitrogens with one attached hydrogen (secondary N) is 3. The lowest BCUT2D eigenvalue weighted by molar-refractivity contribution is -0.135. The fourth-order valence-electron chi connectivity index (χ4n) is 4.62. The van der Waals surface area contributed by atoms with Crippen molar-refractivity contribution in [3.63, 3.8) is 0 Å². The van der Waals surface area contributed by atoms with Gasteiger partial charge in [0.2, 0.25) is 17.7 Å². The molecule has 41 heavy (non-hydrogen) atoms. The number of nitrogens with two attached hydrogens (primary N) is 1. The largest absolute Gasteiger partial charge is 0.462 e. The van der Waals surface area contributed by atoms with Crippen LogP contribution in [-0.4, -0.2) is 54.2 Å². The summed E-state index contributed by atoms with van der Waals surface area (Å²) in [7, 11) is 0. The zero-order valence-electron chi connectivity index (χ0n) is 23.4. The number of hydrogen-bond acceptors (Lipinski definition) is 8. The molecule has 0 radical (unpaired) electrons. The second-order valence-electron chi connectivity index (χ2n) is 10.6. The Morgan fingerprint density at radius 1 is 1.17 bits per heavy atom. The van der Waals surface area contributed by atoms with E-state index >= 15 is 0 Å². The second-order valence-corrected chi connectivity index (χ2v) is 10.6. The normalized spacial score (nSPS) is 19.6. The van der Waals surface area contributed by atoms with E-state index in [4.69, 9.17) is 15.3 Å². The summed E-state index contributed by atoms with van der Waals surface area (Å²) in [5.74, 6) is -3.47. The van der Waals surface area contributed by atoms with Crippen LogP contribution in [0.25, 0.3) is 0 Å². The van der Waals surface area contributed by atoms with Gasteiger partial charge >= 0.3 is 5.97 Å². The lowest BCUT2D eigenvalue weighted by Gasteiger charge is -2.26. The molecule has 1 aromatic rings. The molecule has 12 heteroatoms. The van der Waals surface area contributed by atoms with Crippen LogP contribution < -0.4 is 21.8 Å². The molecule has 1 unspecified atom stereocenters. The summed E-state index contributed by atoms with van der Waals surface area (Å²) in [6.07, 6.45) is 3.49. The van der Waals surface area contributed by atoms with Crippen LogP contribution >= 0.6 is 0 Å². The lowest BCUT2D eigenvalue weighted by atomic mass is 9.88. The minimum Gasteiger partial charge on any atom is -0.462 e. The number of Topliss-reactive ketones (excluding diaryl/α,β-unsaturated/α-hetero) is 1. The number of allylic oxidation sites excluding steroid dienone is 1. The van der Waals surface area contributed by atoms with Crippen LogP contribution in [0, 0.1) is 17.7 Å². The monoisotopic (exact) mass is 572 g/mol. The smallest absolute Gasteiger partial charge is 0.333 e. The molecule has 222 valence electrons. The van der Waals surface area contributed by atoms with Gasteiger partial charge in [-0.1, -0.05) is 32.1 Å². The number of esters is 1. The molecule has 1 aromatic carbocycles. The van der Waals surface area contributed by atoms with E-state index in [1.54, 1.807) is 32.9 Å². The number of amides is 3. The predicted molar refractivity (Wildman–Crippen MR) is 146 cm³/mol. The Labute approximate surface area is 238 Å². The summed E-state index contributed by atoms with van der Waals surface area (Å²) in [6.45, 7) is 5.48. The maximum absolute atomic E-state index is 13.6. The molecule has 2 heterocycles. The molecule has 3 amide bonds. The van der Waals surface area contributed by atoms with Crippen molar-refractivity contribution in [3.05, 3.63) is 59.1 Å². The predicted octanol–water partition coefficient (Wildman–Crippen LogP) is 1.52. The number of primary amides is 1. The first-order valence-electron chi connectivity index (χ1n) is 13.6. The maximum Gasteiger partial charge on any atom is 0.333 e. The van der Waals surface area contributed by atoms with Gasteiger partial charge in [0.05, 0.1) is 12.6 Å². The van der Waals surface area contributed by atoms with E-state index in [1.807, 2.05) is 0 Å². The van der Waals surface area contributed by atoms with Gasteiger partial charge in [0.15, 0.2) is 5.78 Å². The SMILES string of the molecule is CC1=CC(C(=O)N[C@H](C(=O)C[C@@H](Cc2ccc(F)cc2)C(=O)N[C@H](/C=C2\CCOC2=O)CCC(N)=O)C(C)C)NO1. The number of hydrogen-bond donors (Lipinski definition) is 4. The summed E-state index contributed by atoms with van der Waals surface area (Å²) in [4.78, 5) is 68.5. The molecule has 0 bridgehead atoms. The number of hydroxylamine groups is 1. The van der Waals surface area contributed by atoms with Gasteiger partial charge < -0.3 is 25.9 Å². The number of halogens is 1. The zero-order chi connectivity index (χ0) is 30.1. The molecular weight excluding hydrogens is 535 g/mol. The molecule has 11 nitrogen and oxygen atoms in total. The van der Waals surface area contributed by atoms with Gasteiger partial charge in [-0.2, -0.15) is 0 Å². The quantitative estimate of drug-likeness (QED) is 0.192. The third-order valence-electron chi connectivity index (χ3n) is 6.85. The van der Waals surface area contributed by atoms with Crippen LogP contribution in [0.2, 0.25) is 0 Å². The van der Waals surface area contributed by atoms with Crippen LogP contribution in [0.3, 0.4) is 0 Å². The van der Waals surface area contributed by atoms with E-state index in [0.29, 0.717) is 23.3 Å². The molecule has 4 atom stereocenters. The lowest BCUT2D eigenvalue weighted by Crippen LogP contribution is -2.51. The summed E-state index contributed by atoms with van der Waals surface area (Å²) < 4.78 is 18.5. The van der Waals surface area contributed by atoms with Crippen molar-refractivity contribution in [3.8, 4) is 0 Å². The Morgan fingerprint density at radius 2 is 1.88 bits per heavy atom. The Hall–Kier alpha value is -4.06. The summed E-state index contributed by atoms with van der Waals surface area (Å²) in [5.41, 5.74) is 8.89. The molecule has 5 N–H and O–H groups in total. The number of ether oxygens (including phenoxy) is 1. The van der Waals surface area contributed by atoms with Gasteiger partial charge in [0, 0.05) is 36.8 Å². The minimum absolute atomic E-state index is 0.0420. The van der Waals surface area contributed by atoms with Gasteiger partial charge in [-0.25, -0.2) is 9.18 Å². The first-order chi connectivity index (χ1) is 19.4. The van der Waals surface area contributed by atoms with Crippen LogP contribution in [0.4, 0.5) is 4.39 Å². The highest BCUT2D eigenvalue weighted by Crippen LogP contribution is 2.20. The first kappa shape index (κ1) is 31.5. The molecule has 0 aliphatic carbocycles. The molecule has 3 rings (SSSR count). The molecule has 2 aliphatic heterocycles. The first-order valence-corrected chi connectivity index (χ1v) is 13.6. The van der Waals surface area contributed by atoms with Crippen molar-refractivity contribution < 1.29 is 37.9 Å². The van der Waals surface area contributed by atoms with E-state index in [0.717, 1.165) is 0 Å². The number of carbonyl (C=O) groups is 5. The van der Waals surface area contributed by atoms with Gasteiger partial charge in [-0.3, -0.25) is 19.2 Å². The molecule has 1 fully saturated rings. The molecule has 0 saturated carbocycles. The van der Waals surface area contributed by atoms with Crippen molar-refractivity contribution in [1.29, 1.82) is 0 Å². The number of carbonyl (C=O) groups excluding carboxylic acids is 5. The Kier molecular flexibility index (Phi) is 11.2. The van der Waals surface area contributed by atoms with Gasteiger partial charge in [-0.15, -0.1) is 5.48 Å². The van der Waals surface area contributed by atoms with Crippen molar-refractivity contribution in [2.45, 2.75) is 71.0 Å². The van der Waals surface area contributed by atoms with Crippen LogP contribution in [0.1, 0.15) is 52.0 Å². The zero-order valence-corrected chi connectivity index (χ0v) is 23.4. The third-order valence-corrected chi connectivity index (χ3v) is 6.85. The number of ketones is 1. The Bertz CT molecular complexity index is 1210. The highest BCUT2D eigenvalue weighted by Gasteiger charge is 2.33. The van der Waals surface area contributed by atoms with Crippen molar-refractivity contribution in [2.75, 3.05) is 6.61 Å². The molecule has 0 aromatic heterocycles. The summed E-state index contributed by atoms with van der Waals surface area (Å²) in [6, 6.07) is 3.23. The highest BCUT2D eigenvalue weighted by atomic mass is 19.1. The van der Waals surface area contributed by atoms with Gasteiger partial charge in [-0.05, 0) is 49.5 Å². The second kappa shape index (κ2) is 14.5. The molecule has 0 spiro atoms. The van der Waals surface area contributed by atoms with Crippen molar-refractivity contribution >= 4 is 29.5 Å². The van der Waals surface area contributed by atoms with E-state index < -0.39 is 53.6 Å². The van der Waals surface area contributed by atoms with Crippen LogP contribution in [0.5, 0.6) is 0 Å². The number of benzene rings is 1. The fourth-order valence-corrected chi connectivity index (χ4v) is 4.62.